The summed E-state index contributed by atoms with van der Waals surface area (Å²) in [6.07, 6.45) is 11.2. The minimum Gasteiger partial charge on any atom is -0.344 e. The number of rotatable bonds is 11. The fourth-order valence-corrected chi connectivity index (χ4v) is 2.37. The lowest BCUT2D eigenvalue weighted by molar-refractivity contribution is -0.134. The van der Waals surface area contributed by atoms with E-state index in [1.54, 1.807) is 0 Å². The van der Waals surface area contributed by atoms with Crippen molar-refractivity contribution in [1.29, 1.82) is 0 Å². The zero-order chi connectivity index (χ0) is 13.9. The number of hydrogen-bond donors (Lipinski definition) is 0. The molecule has 0 spiro atoms. The summed E-state index contributed by atoms with van der Waals surface area (Å²) in [5.74, 6) is -0.785. The summed E-state index contributed by atoms with van der Waals surface area (Å²) in [7, 11) is 0. The molecule has 0 aliphatic heterocycles. The van der Waals surface area contributed by atoms with Crippen LogP contribution >= 0.6 is 35.1 Å². The third kappa shape index (κ3) is 9.29. The maximum absolute atomic E-state index is 11.1. The predicted molar refractivity (Wildman–Crippen MR) is 78.2 cm³/mol. The van der Waals surface area contributed by atoms with Gasteiger partial charge in [0.1, 0.15) is 11.9 Å². The number of carbonyl (C=O) groups excluding carboxylic acids is 1. The topological polar surface area (TPSA) is 26.3 Å². The maximum atomic E-state index is 11.1. The molecule has 108 valence electrons. The molecule has 0 unspecified atom stereocenters. The Balaban J connectivity index is 3.37. The van der Waals surface area contributed by atoms with Gasteiger partial charge >= 0.3 is 5.97 Å². The van der Waals surface area contributed by atoms with Gasteiger partial charge in [-0.05, 0) is 12.8 Å². The molecular formula is C13H23Cl3O2. The summed E-state index contributed by atoms with van der Waals surface area (Å²) in [6.45, 7) is 2.22. The molecule has 0 radical (unpaired) electrons. The van der Waals surface area contributed by atoms with E-state index in [0.29, 0.717) is 6.42 Å². The van der Waals surface area contributed by atoms with Crippen molar-refractivity contribution in [2.24, 2.45) is 0 Å². The average molecular weight is 318 g/mol. The van der Waals surface area contributed by atoms with E-state index in [1.165, 1.54) is 38.5 Å². The molecule has 0 fully saturated rings. The largest absolute Gasteiger partial charge is 0.360 e. The van der Waals surface area contributed by atoms with Gasteiger partial charge in [0.05, 0.1) is 0 Å². The van der Waals surface area contributed by atoms with E-state index >= 15 is 0 Å². The molecule has 0 saturated heterocycles. The van der Waals surface area contributed by atoms with Crippen LogP contribution in [0.5, 0.6) is 0 Å². The summed E-state index contributed by atoms with van der Waals surface area (Å²) >= 11 is 16.5. The van der Waals surface area contributed by atoms with Gasteiger partial charge in [0.15, 0.2) is 0 Å². The summed E-state index contributed by atoms with van der Waals surface area (Å²) in [6, 6.07) is 0. The van der Waals surface area contributed by atoms with Gasteiger partial charge in [-0.15, -0.1) is 0 Å². The van der Waals surface area contributed by atoms with Crippen LogP contribution in [0.3, 0.4) is 0 Å². The molecule has 0 N–H and O–H groups in total. The standard InChI is InChI=1S/C13H23Cl3O2/c1-2-3-4-5-6-7-8-9-10-11-13(14,15)12(17)18-16/h2-11H2,1H3. The molecule has 0 heterocycles. The van der Waals surface area contributed by atoms with Gasteiger partial charge in [-0.2, -0.15) is 0 Å². The quantitative estimate of drug-likeness (QED) is 0.357. The van der Waals surface area contributed by atoms with E-state index in [-0.39, 0.29) is 0 Å². The maximum Gasteiger partial charge on any atom is 0.360 e. The fourth-order valence-electron chi connectivity index (χ4n) is 1.82. The summed E-state index contributed by atoms with van der Waals surface area (Å²) in [5, 5.41) is 0. The first-order valence-electron chi connectivity index (χ1n) is 6.75. The molecule has 0 aromatic carbocycles. The Morgan fingerprint density at radius 2 is 1.39 bits per heavy atom. The van der Waals surface area contributed by atoms with Crippen molar-refractivity contribution in [2.45, 2.75) is 75.5 Å². The fraction of sp³-hybridized carbons (Fsp3) is 0.923. The zero-order valence-electron chi connectivity index (χ0n) is 11.0. The second-order valence-corrected chi connectivity index (χ2v) is 6.29. The second-order valence-electron chi connectivity index (χ2n) is 4.65. The molecule has 0 aliphatic rings. The first-order valence-corrected chi connectivity index (χ1v) is 7.82. The van der Waals surface area contributed by atoms with Gasteiger partial charge in [0.25, 0.3) is 0 Å². The van der Waals surface area contributed by atoms with E-state index < -0.39 is 10.3 Å². The number of alkyl halides is 2. The van der Waals surface area contributed by atoms with E-state index in [1.807, 2.05) is 0 Å². The van der Waals surface area contributed by atoms with Crippen LogP contribution in [0.4, 0.5) is 0 Å². The average Bonchev–Trinajstić information content (AvgIpc) is 2.35. The van der Waals surface area contributed by atoms with Gasteiger partial charge in [-0.25, -0.2) is 4.79 Å². The van der Waals surface area contributed by atoms with Crippen LogP contribution < -0.4 is 0 Å². The molecule has 0 aromatic heterocycles. The van der Waals surface area contributed by atoms with E-state index in [9.17, 15) is 4.79 Å². The Kier molecular flexibility index (Phi) is 11.4. The highest BCUT2D eigenvalue weighted by Gasteiger charge is 2.34. The second kappa shape index (κ2) is 11.2. The lowest BCUT2D eigenvalue weighted by Gasteiger charge is -2.14. The Bertz CT molecular complexity index is 220. The summed E-state index contributed by atoms with van der Waals surface area (Å²) in [5.41, 5.74) is 0. The van der Waals surface area contributed by atoms with E-state index in [0.717, 1.165) is 19.3 Å². The molecule has 0 bridgehead atoms. The molecule has 0 saturated carbocycles. The van der Waals surface area contributed by atoms with Crippen LogP contribution in [0, 0.1) is 0 Å². The van der Waals surface area contributed by atoms with Crippen molar-refractivity contribution in [3.05, 3.63) is 0 Å². The van der Waals surface area contributed by atoms with Crippen LogP contribution in [0.1, 0.15) is 71.1 Å². The van der Waals surface area contributed by atoms with Crippen LogP contribution in [0.15, 0.2) is 0 Å². The summed E-state index contributed by atoms with van der Waals surface area (Å²) in [4.78, 5) is 11.1. The molecule has 18 heavy (non-hydrogen) atoms. The Hall–Kier alpha value is 0.340. The number of hydrogen-bond acceptors (Lipinski definition) is 2. The third-order valence-electron chi connectivity index (χ3n) is 2.96. The van der Waals surface area contributed by atoms with Gasteiger partial charge in [0, 0.05) is 0 Å². The highest BCUT2D eigenvalue weighted by molar-refractivity contribution is 6.58. The molecule has 0 amide bonds. The highest BCUT2D eigenvalue weighted by Crippen LogP contribution is 2.30. The molecular weight excluding hydrogens is 294 g/mol. The van der Waals surface area contributed by atoms with Crippen molar-refractivity contribution in [3.63, 3.8) is 0 Å². The number of carbonyl (C=O) groups is 1. The van der Waals surface area contributed by atoms with E-state index in [2.05, 4.69) is 11.2 Å². The monoisotopic (exact) mass is 316 g/mol. The molecule has 0 aromatic rings. The van der Waals surface area contributed by atoms with Crippen molar-refractivity contribution in [2.75, 3.05) is 0 Å². The molecule has 0 atom stereocenters. The lowest BCUT2D eigenvalue weighted by atomic mass is 10.1. The van der Waals surface area contributed by atoms with Crippen molar-refractivity contribution in [1.82, 2.24) is 0 Å². The smallest absolute Gasteiger partial charge is 0.344 e. The Labute approximate surface area is 125 Å². The van der Waals surface area contributed by atoms with Crippen molar-refractivity contribution in [3.8, 4) is 0 Å². The van der Waals surface area contributed by atoms with Crippen LogP contribution in [-0.4, -0.2) is 10.3 Å². The zero-order valence-corrected chi connectivity index (χ0v) is 13.3. The normalized spacial score (nSPS) is 11.6. The first-order chi connectivity index (χ1) is 8.54. The SMILES string of the molecule is CCCCCCCCCCCC(Cl)(Cl)C(=O)OCl. The van der Waals surface area contributed by atoms with Crippen LogP contribution in [-0.2, 0) is 9.08 Å². The molecule has 0 aliphatic carbocycles. The lowest BCUT2D eigenvalue weighted by Crippen LogP contribution is -2.25. The first kappa shape index (κ1) is 18.3. The van der Waals surface area contributed by atoms with Crippen LogP contribution in [0.2, 0.25) is 0 Å². The predicted octanol–water partition coefficient (Wildman–Crippen LogP) is 5.78. The Morgan fingerprint density at radius 3 is 1.83 bits per heavy atom. The molecule has 5 heteroatoms. The Morgan fingerprint density at radius 1 is 0.944 bits per heavy atom. The number of halogens is 3. The minimum atomic E-state index is -1.50. The van der Waals surface area contributed by atoms with Gasteiger partial charge < -0.3 is 4.29 Å². The van der Waals surface area contributed by atoms with Crippen LogP contribution in [0.25, 0.3) is 0 Å². The molecule has 2 nitrogen and oxygen atoms in total. The van der Waals surface area contributed by atoms with E-state index in [4.69, 9.17) is 35.1 Å². The third-order valence-corrected chi connectivity index (χ3v) is 3.79. The van der Waals surface area contributed by atoms with Crippen molar-refractivity contribution >= 4 is 41.0 Å². The number of unbranched alkanes of at least 4 members (excludes halogenated alkanes) is 8. The highest BCUT2D eigenvalue weighted by atomic mass is 35.5. The van der Waals surface area contributed by atoms with Gasteiger partial charge in [0.2, 0.25) is 4.33 Å². The van der Waals surface area contributed by atoms with Gasteiger partial charge in [-0.3, -0.25) is 0 Å². The molecule has 0 rings (SSSR count). The minimum absolute atomic E-state index is 0.386. The van der Waals surface area contributed by atoms with Crippen molar-refractivity contribution < 1.29 is 9.08 Å². The van der Waals surface area contributed by atoms with Gasteiger partial charge in [-0.1, -0.05) is 81.5 Å². The summed E-state index contributed by atoms with van der Waals surface area (Å²) < 4.78 is 2.52.